The minimum atomic E-state index is 0.0961. The molecule has 0 spiro atoms. The summed E-state index contributed by atoms with van der Waals surface area (Å²) < 4.78 is 1.17. The van der Waals surface area contributed by atoms with E-state index < -0.39 is 0 Å². The first kappa shape index (κ1) is 12.2. The van der Waals surface area contributed by atoms with Crippen molar-refractivity contribution in [3.63, 3.8) is 0 Å². The van der Waals surface area contributed by atoms with Gasteiger partial charge in [-0.15, -0.1) is 11.3 Å². The van der Waals surface area contributed by atoms with E-state index in [9.17, 15) is 5.11 Å². The Kier molecular flexibility index (Phi) is 3.23. The maximum absolute atomic E-state index is 9.36. The van der Waals surface area contributed by atoms with Crippen molar-refractivity contribution in [1.29, 1.82) is 0 Å². The number of para-hydroxylation sites is 1. The third-order valence-corrected chi connectivity index (χ3v) is 4.00. The molecule has 0 aliphatic carbocycles. The van der Waals surface area contributed by atoms with Crippen molar-refractivity contribution in [3.05, 3.63) is 58.1 Å². The Morgan fingerprint density at radius 3 is 2.74 bits per heavy atom. The lowest BCUT2D eigenvalue weighted by atomic mass is 10.2. The van der Waals surface area contributed by atoms with E-state index in [-0.39, 0.29) is 5.75 Å². The maximum atomic E-state index is 9.36. The number of hydrogen-bond acceptors (Lipinski definition) is 3. The van der Waals surface area contributed by atoms with E-state index >= 15 is 0 Å². The highest BCUT2D eigenvalue weighted by atomic mass is 35.5. The molecular weight excluding hydrogens is 278 g/mol. The number of rotatable bonds is 2. The average molecular weight is 288 g/mol. The second-order valence-corrected chi connectivity index (χ2v) is 5.53. The molecule has 0 aliphatic rings. The number of hydrogen-bond donors (Lipinski definition) is 1. The zero-order valence-electron chi connectivity index (χ0n) is 9.88. The molecule has 3 rings (SSSR count). The summed E-state index contributed by atoms with van der Waals surface area (Å²) in [5.41, 5.74) is 1.94. The van der Waals surface area contributed by atoms with Gasteiger partial charge >= 0.3 is 0 Å². The Balaban J connectivity index is 1.91. The van der Waals surface area contributed by atoms with Crippen molar-refractivity contribution in [2.45, 2.75) is 0 Å². The summed E-state index contributed by atoms with van der Waals surface area (Å²) in [4.78, 5) is 4.52. The van der Waals surface area contributed by atoms with Crippen LogP contribution in [-0.2, 0) is 0 Å². The van der Waals surface area contributed by atoms with Gasteiger partial charge in [0.2, 0.25) is 0 Å². The number of halogens is 1. The van der Waals surface area contributed by atoms with Crippen molar-refractivity contribution >= 4 is 45.3 Å². The van der Waals surface area contributed by atoms with Gasteiger partial charge in [-0.05, 0) is 35.9 Å². The minimum Gasteiger partial charge on any atom is -0.506 e. The standard InChI is InChI=1S/C15H10ClNOS/c16-11-9-10(5-7-13(11)18)6-8-15-17-12-3-1-2-4-14(12)19-15/h1-9,18H. The highest BCUT2D eigenvalue weighted by Gasteiger charge is 2.00. The van der Waals surface area contributed by atoms with Crippen molar-refractivity contribution in [1.82, 2.24) is 4.98 Å². The van der Waals surface area contributed by atoms with Crippen molar-refractivity contribution in [3.8, 4) is 5.75 Å². The number of aromatic hydroxyl groups is 1. The second kappa shape index (κ2) is 5.03. The van der Waals surface area contributed by atoms with Crippen LogP contribution < -0.4 is 0 Å². The number of fused-ring (bicyclic) bond motifs is 1. The zero-order chi connectivity index (χ0) is 13.2. The minimum absolute atomic E-state index is 0.0961. The third-order valence-electron chi connectivity index (χ3n) is 2.70. The quantitative estimate of drug-likeness (QED) is 0.732. The van der Waals surface area contributed by atoms with Gasteiger partial charge in [0, 0.05) is 0 Å². The number of aromatic nitrogens is 1. The van der Waals surface area contributed by atoms with Crippen LogP contribution in [0.1, 0.15) is 10.6 Å². The molecule has 0 atom stereocenters. The van der Waals surface area contributed by atoms with Gasteiger partial charge in [-0.25, -0.2) is 4.98 Å². The molecular formula is C15H10ClNOS. The normalized spacial score (nSPS) is 11.4. The van der Waals surface area contributed by atoms with Crippen molar-refractivity contribution in [2.24, 2.45) is 0 Å². The molecule has 0 bridgehead atoms. The highest BCUT2D eigenvalue weighted by Crippen LogP contribution is 2.26. The molecule has 0 unspecified atom stereocenters. The lowest BCUT2D eigenvalue weighted by molar-refractivity contribution is 0.475. The zero-order valence-corrected chi connectivity index (χ0v) is 11.4. The molecule has 1 aromatic heterocycles. The van der Waals surface area contributed by atoms with Crippen LogP contribution in [-0.4, -0.2) is 10.1 Å². The number of thiazole rings is 1. The Labute approximate surface area is 119 Å². The summed E-state index contributed by atoms with van der Waals surface area (Å²) in [6, 6.07) is 13.2. The summed E-state index contributed by atoms with van der Waals surface area (Å²) in [5.74, 6) is 0.0961. The Bertz CT molecular complexity index is 731. The summed E-state index contributed by atoms with van der Waals surface area (Å²) in [6.45, 7) is 0. The van der Waals surface area contributed by atoms with Gasteiger partial charge in [0.05, 0.1) is 15.2 Å². The Morgan fingerprint density at radius 2 is 1.95 bits per heavy atom. The summed E-state index contributed by atoms with van der Waals surface area (Å²) in [5, 5.41) is 10.7. The molecule has 0 saturated heterocycles. The van der Waals surface area contributed by atoms with Crippen LogP contribution in [0.5, 0.6) is 5.75 Å². The summed E-state index contributed by atoms with van der Waals surface area (Å²) in [7, 11) is 0. The highest BCUT2D eigenvalue weighted by molar-refractivity contribution is 7.19. The van der Waals surface area contributed by atoms with Crippen LogP contribution in [0.25, 0.3) is 22.4 Å². The van der Waals surface area contributed by atoms with Gasteiger partial charge in [-0.3, -0.25) is 0 Å². The molecule has 3 aromatic rings. The third kappa shape index (κ3) is 2.62. The molecule has 2 nitrogen and oxygen atoms in total. The van der Waals surface area contributed by atoms with E-state index in [1.807, 2.05) is 36.4 Å². The Hall–Kier alpha value is -1.84. The first-order valence-electron chi connectivity index (χ1n) is 5.74. The first-order valence-corrected chi connectivity index (χ1v) is 6.94. The van der Waals surface area contributed by atoms with E-state index in [1.165, 1.54) is 4.70 Å². The van der Waals surface area contributed by atoms with Crippen molar-refractivity contribution < 1.29 is 5.11 Å². The number of phenols is 1. The Morgan fingerprint density at radius 1 is 1.11 bits per heavy atom. The van der Waals surface area contributed by atoms with E-state index in [2.05, 4.69) is 11.1 Å². The fourth-order valence-electron chi connectivity index (χ4n) is 1.76. The van der Waals surface area contributed by atoms with Gasteiger partial charge in [-0.1, -0.05) is 35.9 Å². The molecule has 0 radical (unpaired) electrons. The topological polar surface area (TPSA) is 33.1 Å². The summed E-state index contributed by atoms with van der Waals surface area (Å²) >= 11 is 7.51. The lowest BCUT2D eigenvalue weighted by Gasteiger charge is -1.97. The van der Waals surface area contributed by atoms with E-state index in [0.29, 0.717) is 5.02 Å². The van der Waals surface area contributed by atoms with Gasteiger partial charge in [-0.2, -0.15) is 0 Å². The van der Waals surface area contributed by atoms with Gasteiger partial charge in [0.25, 0.3) is 0 Å². The SMILES string of the molecule is Oc1ccc(C=Cc2nc3ccccc3s2)cc1Cl. The van der Waals surface area contributed by atoms with E-state index in [0.717, 1.165) is 16.1 Å². The van der Waals surface area contributed by atoms with Crippen LogP contribution in [0, 0.1) is 0 Å². The second-order valence-electron chi connectivity index (χ2n) is 4.06. The molecule has 0 amide bonds. The molecule has 4 heteroatoms. The maximum Gasteiger partial charge on any atom is 0.134 e. The smallest absolute Gasteiger partial charge is 0.134 e. The molecule has 1 heterocycles. The molecule has 0 saturated carbocycles. The largest absolute Gasteiger partial charge is 0.506 e. The van der Waals surface area contributed by atoms with Crippen LogP contribution >= 0.6 is 22.9 Å². The summed E-state index contributed by atoms with van der Waals surface area (Å²) in [6.07, 6.45) is 3.89. The van der Waals surface area contributed by atoms with Crippen LogP contribution in [0.4, 0.5) is 0 Å². The first-order chi connectivity index (χ1) is 9.22. The molecule has 19 heavy (non-hydrogen) atoms. The monoisotopic (exact) mass is 287 g/mol. The van der Waals surface area contributed by atoms with Gasteiger partial charge in [0.1, 0.15) is 10.8 Å². The van der Waals surface area contributed by atoms with Crippen LogP contribution in [0.2, 0.25) is 5.02 Å². The molecule has 1 N–H and O–H groups in total. The molecule has 0 aliphatic heterocycles. The number of benzene rings is 2. The molecule has 94 valence electrons. The van der Waals surface area contributed by atoms with Gasteiger partial charge < -0.3 is 5.11 Å². The predicted octanol–water partition coefficient (Wildman–Crippen LogP) is 4.83. The average Bonchev–Trinajstić information content (AvgIpc) is 2.83. The van der Waals surface area contributed by atoms with E-state index in [1.54, 1.807) is 23.5 Å². The van der Waals surface area contributed by atoms with Crippen molar-refractivity contribution in [2.75, 3.05) is 0 Å². The van der Waals surface area contributed by atoms with E-state index in [4.69, 9.17) is 11.6 Å². The molecule has 2 aromatic carbocycles. The van der Waals surface area contributed by atoms with Crippen LogP contribution in [0.3, 0.4) is 0 Å². The fourth-order valence-corrected chi connectivity index (χ4v) is 2.81. The number of phenolic OH excluding ortho intramolecular Hbond substituents is 1. The molecule has 0 fully saturated rings. The fraction of sp³-hybridized carbons (Fsp3) is 0. The van der Waals surface area contributed by atoms with Crippen LogP contribution in [0.15, 0.2) is 42.5 Å². The number of nitrogens with zero attached hydrogens (tertiary/aromatic N) is 1. The predicted molar refractivity (Wildman–Crippen MR) is 81.7 cm³/mol. The lowest BCUT2D eigenvalue weighted by Crippen LogP contribution is -1.74. The van der Waals surface area contributed by atoms with Gasteiger partial charge in [0.15, 0.2) is 0 Å².